The Morgan fingerprint density at radius 3 is 2.78 bits per heavy atom. The molecule has 0 saturated heterocycles. The number of carbonyl (C=O) groups is 1. The molecule has 0 aliphatic rings. The van der Waals surface area contributed by atoms with E-state index in [0.717, 1.165) is 0 Å². The first-order chi connectivity index (χ1) is 8.37. The zero-order valence-corrected chi connectivity index (χ0v) is 11.1. The highest BCUT2D eigenvalue weighted by Gasteiger charge is 2.23. The molecule has 1 aromatic rings. The average molecular weight is 255 g/mol. The molecule has 18 heavy (non-hydrogen) atoms. The number of nitrogens with two attached hydrogens (primary N) is 1. The van der Waals surface area contributed by atoms with Gasteiger partial charge in [-0.1, -0.05) is 5.21 Å². The Morgan fingerprint density at radius 1 is 1.61 bits per heavy atom. The summed E-state index contributed by atoms with van der Waals surface area (Å²) in [5.74, 6) is -0.233. The third kappa shape index (κ3) is 4.08. The smallest absolute Gasteiger partial charge is 0.276 e. The summed E-state index contributed by atoms with van der Waals surface area (Å²) in [5, 5.41) is 17.4. The third-order valence-electron chi connectivity index (χ3n) is 2.36. The molecule has 1 rings (SSSR count). The molecule has 102 valence electrons. The summed E-state index contributed by atoms with van der Waals surface area (Å²) in [5.41, 5.74) is 4.74. The van der Waals surface area contributed by atoms with E-state index in [-0.39, 0.29) is 18.1 Å². The number of rotatable bonds is 6. The van der Waals surface area contributed by atoms with E-state index in [0.29, 0.717) is 19.6 Å². The molecule has 0 unspecified atom stereocenters. The number of hydrogen-bond acceptors (Lipinski definition) is 5. The van der Waals surface area contributed by atoms with Gasteiger partial charge in [-0.25, -0.2) is 0 Å². The second kappa shape index (κ2) is 5.92. The molecular weight excluding hydrogens is 234 g/mol. The topological polar surface area (TPSA) is 97.3 Å². The molecular formula is C11H21N5O2. The molecule has 0 aliphatic heterocycles. The number of aliphatic hydroxyl groups is 1. The van der Waals surface area contributed by atoms with Gasteiger partial charge >= 0.3 is 0 Å². The van der Waals surface area contributed by atoms with Crippen LogP contribution in [0, 0.1) is 0 Å². The zero-order valence-electron chi connectivity index (χ0n) is 11.1. The Balaban J connectivity index is 2.76. The highest BCUT2D eigenvalue weighted by molar-refractivity contribution is 5.91. The van der Waals surface area contributed by atoms with Gasteiger partial charge in [0.25, 0.3) is 5.91 Å². The summed E-state index contributed by atoms with van der Waals surface area (Å²) in [6.45, 7) is 6.91. The van der Waals surface area contributed by atoms with Crippen LogP contribution in [0.5, 0.6) is 0 Å². The monoisotopic (exact) mass is 255 g/mol. The number of likely N-dealkylation sites (N-methyl/N-ethyl adjacent to an activating group) is 1. The predicted molar refractivity (Wildman–Crippen MR) is 67.0 cm³/mol. The maximum absolute atomic E-state index is 12.1. The van der Waals surface area contributed by atoms with Crippen molar-refractivity contribution in [2.45, 2.75) is 32.9 Å². The van der Waals surface area contributed by atoms with Gasteiger partial charge < -0.3 is 15.7 Å². The van der Waals surface area contributed by atoms with Crippen molar-refractivity contribution >= 4 is 5.91 Å². The lowest BCUT2D eigenvalue weighted by Crippen LogP contribution is -2.42. The fraction of sp³-hybridized carbons (Fsp3) is 0.727. The lowest BCUT2D eigenvalue weighted by Gasteiger charge is -2.27. The standard InChI is InChI=1S/C11H21N5O2/c1-4-15(8-11(2,3)18)10(17)9-7-16(6-5-12)14-13-9/h7,18H,4-6,8,12H2,1-3H3. The number of amides is 1. The first-order valence-corrected chi connectivity index (χ1v) is 5.99. The van der Waals surface area contributed by atoms with Crippen molar-refractivity contribution in [3.05, 3.63) is 11.9 Å². The summed E-state index contributed by atoms with van der Waals surface area (Å²) in [7, 11) is 0. The lowest BCUT2D eigenvalue weighted by atomic mass is 10.1. The highest BCUT2D eigenvalue weighted by Crippen LogP contribution is 2.08. The van der Waals surface area contributed by atoms with E-state index in [4.69, 9.17) is 5.73 Å². The van der Waals surface area contributed by atoms with Crippen LogP contribution in [0.3, 0.4) is 0 Å². The van der Waals surface area contributed by atoms with Crippen LogP contribution in [-0.4, -0.2) is 56.1 Å². The summed E-state index contributed by atoms with van der Waals surface area (Å²) in [6.07, 6.45) is 1.57. The largest absolute Gasteiger partial charge is 0.389 e. The van der Waals surface area contributed by atoms with Gasteiger partial charge in [0.05, 0.1) is 18.3 Å². The number of carbonyl (C=O) groups excluding carboxylic acids is 1. The Morgan fingerprint density at radius 2 is 2.28 bits per heavy atom. The van der Waals surface area contributed by atoms with E-state index in [1.807, 2.05) is 6.92 Å². The maximum Gasteiger partial charge on any atom is 0.276 e. The number of hydrogen-bond donors (Lipinski definition) is 2. The molecule has 1 amide bonds. The van der Waals surface area contributed by atoms with Gasteiger partial charge in [-0.15, -0.1) is 5.10 Å². The summed E-state index contributed by atoms with van der Waals surface area (Å²) < 4.78 is 1.53. The molecule has 0 aromatic carbocycles. The second-order valence-electron chi connectivity index (χ2n) is 4.79. The molecule has 3 N–H and O–H groups in total. The summed E-state index contributed by atoms with van der Waals surface area (Å²) >= 11 is 0. The fourth-order valence-electron chi connectivity index (χ4n) is 1.59. The molecule has 0 atom stereocenters. The molecule has 0 fully saturated rings. The van der Waals surface area contributed by atoms with E-state index >= 15 is 0 Å². The van der Waals surface area contributed by atoms with Crippen LogP contribution in [0.1, 0.15) is 31.3 Å². The quantitative estimate of drug-likeness (QED) is 0.712. The van der Waals surface area contributed by atoms with Crippen molar-refractivity contribution in [1.82, 2.24) is 19.9 Å². The minimum absolute atomic E-state index is 0.233. The maximum atomic E-state index is 12.1. The zero-order chi connectivity index (χ0) is 13.8. The molecule has 0 saturated carbocycles. The van der Waals surface area contributed by atoms with Crippen LogP contribution in [0.4, 0.5) is 0 Å². The molecule has 0 spiro atoms. The average Bonchev–Trinajstić information content (AvgIpc) is 2.73. The van der Waals surface area contributed by atoms with E-state index in [9.17, 15) is 9.90 Å². The molecule has 1 heterocycles. The summed E-state index contributed by atoms with van der Waals surface area (Å²) in [4.78, 5) is 13.7. The van der Waals surface area contributed by atoms with E-state index in [1.165, 1.54) is 9.58 Å². The van der Waals surface area contributed by atoms with Crippen molar-refractivity contribution < 1.29 is 9.90 Å². The Hall–Kier alpha value is -1.47. The lowest BCUT2D eigenvalue weighted by molar-refractivity contribution is 0.0311. The molecule has 0 aliphatic carbocycles. The van der Waals surface area contributed by atoms with Gasteiger partial charge in [0.2, 0.25) is 0 Å². The molecule has 7 heteroatoms. The highest BCUT2D eigenvalue weighted by atomic mass is 16.3. The first-order valence-electron chi connectivity index (χ1n) is 5.99. The number of aromatic nitrogens is 3. The Kier molecular flexibility index (Phi) is 4.80. The van der Waals surface area contributed by atoms with Gasteiger partial charge in [0.15, 0.2) is 5.69 Å². The molecule has 0 bridgehead atoms. The SMILES string of the molecule is CCN(CC(C)(C)O)C(=O)c1cn(CCN)nn1. The molecule has 7 nitrogen and oxygen atoms in total. The molecule has 1 aromatic heterocycles. The van der Waals surface area contributed by atoms with E-state index < -0.39 is 5.60 Å². The first kappa shape index (κ1) is 14.6. The van der Waals surface area contributed by atoms with Crippen LogP contribution < -0.4 is 5.73 Å². The normalized spacial score (nSPS) is 11.6. The van der Waals surface area contributed by atoms with Crippen LogP contribution in [0.2, 0.25) is 0 Å². The predicted octanol–water partition coefficient (Wildman–Crippen LogP) is -0.530. The van der Waals surface area contributed by atoms with Crippen LogP contribution in [0.15, 0.2) is 6.20 Å². The fourth-order valence-corrected chi connectivity index (χ4v) is 1.59. The van der Waals surface area contributed by atoms with Crippen molar-refractivity contribution in [2.24, 2.45) is 5.73 Å². The van der Waals surface area contributed by atoms with Gasteiger partial charge in [-0.05, 0) is 20.8 Å². The minimum Gasteiger partial charge on any atom is -0.389 e. The Labute approximate surface area is 107 Å². The second-order valence-corrected chi connectivity index (χ2v) is 4.79. The van der Waals surface area contributed by atoms with Crippen LogP contribution >= 0.6 is 0 Å². The van der Waals surface area contributed by atoms with Crippen molar-refractivity contribution in [3.8, 4) is 0 Å². The van der Waals surface area contributed by atoms with Gasteiger partial charge in [-0.3, -0.25) is 9.48 Å². The molecule has 0 radical (unpaired) electrons. The minimum atomic E-state index is -0.932. The van der Waals surface area contributed by atoms with Gasteiger partial charge in [0, 0.05) is 19.6 Å². The van der Waals surface area contributed by atoms with E-state index in [1.54, 1.807) is 20.0 Å². The van der Waals surface area contributed by atoms with Gasteiger partial charge in [0.1, 0.15) is 0 Å². The number of nitrogens with zero attached hydrogens (tertiary/aromatic N) is 4. The van der Waals surface area contributed by atoms with Crippen molar-refractivity contribution in [1.29, 1.82) is 0 Å². The third-order valence-corrected chi connectivity index (χ3v) is 2.36. The summed E-state index contributed by atoms with van der Waals surface area (Å²) in [6, 6.07) is 0. The van der Waals surface area contributed by atoms with Gasteiger partial charge in [-0.2, -0.15) is 0 Å². The van der Waals surface area contributed by atoms with Crippen LogP contribution in [0.25, 0.3) is 0 Å². The van der Waals surface area contributed by atoms with Crippen LogP contribution in [-0.2, 0) is 6.54 Å². The Bertz CT molecular complexity index is 396. The van der Waals surface area contributed by atoms with Crippen molar-refractivity contribution in [3.63, 3.8) is 0 Å². The van der Waals surface area contributed by atoms with Crippen molar-refractivity contribution in [2.75, 3.05) is 19.6 Å². The van der Waals surface area contributed by atoms with E-state index in [2.05, 4.69) is 10.3 Å².